The molecule has 4 heteroatoms. The number of thioether (sulfide) groups is 1. The van der Waals surface area contributed by atoms with E-state index >= 15 is 0 Å². The highest BCUT2D eigenvalue weighted by molar-refractivity contribution is 7.98. The minimum Gasteiger partial charge on any atom is -0.372 e. The monoisotopic (exact) mass is 302 g/mol. The van der Waals surface area contributed by atoms with Crippen molar-refractivity contribution in [2.75, 3.05) is 38.7 Å². The Morgan fingerprint density at radius 3 is 2.60 bits per heavy atom. The Morgan fingerprint density at radius 1 is 1.25 bits per heavy atom. The van der Waals surface area contributed by atoms with Crippen LogP contribution in [0.4, 0.5) is 0 Å². The van der Waals surface area contributed by atoms with Crippen LogP contribution in [0.2, 0.25) is 0 Å². The molecule has 0 aliphatic carbocycles. The number of nitrogens with one attached hydrogen (secondary N) is 1. The van der Waals surface area contributed by atoms with Gasteiger partial charge in [0.05, 0.1) is 12.2 Å². The van der Waals surface area contributed by atoms with E-state index in [1.807, 2.05) is 11.8 Å². The van der Waals surface area contributed by atoms with Crippen LogP contribution >= 0.6 is 11.8 Å². The van der Waals surface area contributed by atoms with Gasteiger partial charge < -0.3 is 15.0 Å². The lowest BCUT2D eigenvalue weighted by atomic mass is 10.1. The van der Waals surface area contributed by atoms with Gasteiger partial charge in [-0.2, -0.15) is 11.8 Å². The van der Waals surface area contributed by atoms with Gasteiger partial charge in [-0.1, -0.05) is 13.8 Å². The van der Waals surface area contributed by atoms with Crippen LogP contribution in [-0.2, 0) is 4.74 Å². The van der Waals surface area contributed by atoms with Gasteiger partial charge in [0.25, 0.3) is 0 Å². The minimum atomic E-state index is 0.425. The largest absolute Gasteiger partial charge is 0.372 e. The van der Waals surface area contributed by atoms with E-state index in [0.29, 0.717) is 18.2 Å². The molecule has 0 aromatic heterocycles. The summed E-state index contributed by atoms with van der Waals surface area (Å²) in [6, 6.07) is 0.657. The molecule has 0 radical (unpaired) electrons. The van der Waals surface area contributed by atoms with Gasteiger partial charge in [0.1, 0.15) is 0 Å². The van der Waals surface area contributed by atoms with Crippen molar-refractivity contribution in [3.63, 3.8) is 0 Å². The molecule has 0 bridgehead atoms. The fourth-order valence-electron chi connectivity index (χ4n) is 2.61. The normalized spacial score (nSPS) is 24.8. The molecule has 0 saturated carbocycles. The van der Waals surface area contributed by atoms with E-state index in [1.54, 1.807) is 0 Å². The van der Waals surface area contributed by atoms with Crippen molar-refractivity contribution in [1.82, 2.24) is 10.2 Å². The van der Waals surface area contributed by atoms with Crippen molar-refractivity contribution in [3.8, 4) is 0 Å². The molecule has 1 heterocycles. The summed E-state index contributed by atoms with van der Waals surface area (Å²) in [5, 5.41) is 3.51. The predicted octanol–water partition coefficient (Wildman–Crippen LogP) is 2.85. The molecule has 1 fully saturated rings. The molecule has 3 unspecified atom stereocenters. The maximum absolute atomic E-state index is 6.16. The summed E-state index contributed by atoms with van der Waals surface area (Å²) < 4.78 is 6.16. The van der Waals surface area contributed by atoms with Crippen LogP contribution in [0.1, 0.15) is 40.0 Å². The van der Waals surface area contributed by atoms with Gasteiger partial charge in [-0.3, -0.25) is 0 Å². The third-order valence-corrected chi connectivity index (χ3v) is 4.75. The van der Waals surface area contributed by atoms with Crippen LogP contribution in [0.5, 0.6) is 0 Å². The first-order chi connectivity index (χ1) is 9.52. The first-order valence-corrected chi connectivity index (χ1v) is 9.47. The van der Waals surface area contributed by atoms with E-state index in [1.165, 1.54) is 25.0 Å². The first-order valence-electron chi connectivity index (χ1n) is 8.08. The number of likely N-dealkylation sites (N-methyl/N-ethyl adjacent to an activating group) is 1. The highest BCUT2D eigenvalue weighted by atomic mass is 32.2. The molecule has 120 valence electrons. The van der Waals surface area contributed by atoms with Gasteiger partial charge in [0.2, 0.25) is 0 Å². The van der Waals surface area contributed by atoms with Crippen molar-refractivity contribution in [1.29, 1.82) is 0 Å². The molecule has 0 aromatic rings. The molecule has 0 spiro atoms. The first kappa shape index (κ1) is 18.3. The van der Waals surface area contributed by atoms with E-state index in [9.17, 15) is 0 Å². The average molecular weight is 303 g/mol. The smallest absolute Gasteiger partial charge is 0.0707 e. The fourth-order valence-corrected chi connectivity index (χ4v) is 3.18. The van der Waals surface area contributed by atoms with Crippen LogP contribution in [-0.4, -0.2) is 61.8 Å². The Hall–Kier alpha value is 0.230. The van der Waals surface area contributed by atoms with Crippen LogP contribution in [0, 0.1) is 5.92 Å². The lowest BCUT2D eigenvalue weighted by Gasteiger charge is -2.27. The number of rotatable bonds is 10. The number of ether oxygens (including phenoxy) is 1. The van der Waals surface area contributed by atoms with E-state index in [2.05, 4.69) is 44.3 Å². The Balaban J connectivity index is 2.16. The van der Waals surface area contributed by atoms with Gasteiger partial charge in [-0.15, -0.1) is 0 Å². The van der Waals surface area contributed by atoms with Gasteiger partial charge >= 0.3 is 0 Å². The standard InChI is InChI=1S/C16H34N2OS/c1-13(2)10-17-11-15-6-7-16(19-15)12-18(4)14(3)8-9-20-5/h13-17H,6-12H2,1-5H3. The Kier molecular flexibility index (Phi) is 9.18. The quantitative estimate of drug-likeness (QED) is 0.671. The van der Waals surface area contributed by atoms with E-state index in [-0.39, 0.29) is 0 Å². The molecular formula is C16H34N2OS. The second-order valence-corrected chi connectivity index (χ2v) is 7.57. The fraction of sp³-hybridized carbons (Fsp3) is 1.00. The molecule has 1 rings (SSSR count). The highest BCUT2D eigenvalue weighted by Crippen LogP contribution is 2.21. The summed E-state index contributed by atoms with van der Waals surface area (Å²) in [7, 11) is 2.23. The second kappa shape index (κ2) is 10.0. The van der Waals surface area contributed by atoms with E-state index in [4.69, 9.17) is 4.74 Å². The zero-order valence-corrected chi connectivity index (χ0v) is 14.8. The molecule has 0 aromatic carbocycles. The maximum Gasteiger partial charge on any atom is 0.0707 e. The van der Waals surface area contributed by atoms with Crippen LogP contribution < -0.4 is 5.32 Å². The Morgan fingerprint density at radius 2 is 1.95 bits per heavy atom. The van der Waals surface area contributed by atoms with Gasteiger partial charge in [0.15, 0.2) is 0 Å². The Labute approximate surface area is 130 Å². The molecule has 1 aliphatic rings. The molecule has 1 N–H and O–H groups in total. The topological polar surface area (TPSA) is 24.5 Å². The molecule has 1 saturated heterocycles. The Bertz CT molecular complexity index is 251. The maximum atomic E-state index is 6.16. The summed E-state index contributed by atoms with van der Waals surface area (Å²) in [5.74, 6) is 1.97. The van der Waals surface area contributed by atoms with Crippen LogP contribution in [0.15, 0.2) is 0 Å². The zero-order valence-electron chi connectivity index (χ0n) is 14.0. The van der Waals surface area contributed by atoms with Gasteiger partial charge in [0, 0.05) is 19.1 Å². The number of nitrogens with zero attached hydrogens (tertiary/aromatic N) is 1. The molecule has 20 heavy (non-hydrogen) atoms. The molecule has 3 nitrogen and oxygen atoms in total. The molecule has 1 aliphatic heterocycles. The average Bonchev–Trinajstić information content (AvgIpc) is 2.83. The number of hydrogen-bond acceptors (Lipinski definition) is 4. The summed E-state index contributed by atoms with van der Waals surface area (Å²) in [4.78, 5) is 2.46. The number of hydrogen-bond donors (Lipinski definition) is 1. The van der Waals surface area contributed by atoms with E-state index in [0.717, 1.165) is 25.6 Å². The summed E-state index contributed by atoms with van der Waals surface area (Å²) in [6.07, 6.45) is 6.73. The van der Waals surface area contributed by atoms with Gasteiger partial charge in [-0.25, -0.2) is 0 Å². The predicted molar refractivity (Wildman–Crippen MR) is 90.7 cm³/mol. The third-order valence-electron chi connectivity index (χ3n) is 4.10. The second-order valence-electron chi connectivity index (χ2n) is 6.58. The van der Waals surface area contributed by atoms with Crippen molar-refractivity contribution >= 4 is 11.8 Å². The van der Waals surface area contributed by atoms with Crippen molar-refractivity contribution < 1.29 is 4.74 Å². The third kappa shape index (κ3) is 7.30. The summed E-state index contributed by atoms with van der Waals surface area (Å²) >= 11 is 1.94. The van der Waals surface area contributed by atoms with E-state index < -0.39 is 0 Å². The summed E-state index contributed by atoms with van der Waals surface area (Å²) in [5.41, 5.74) is 0. The SMILES string of the molecule is CSCCC(C)N(C)CC1CCC(CNCC(C)C)O1. The molecule has 0 amide bonds. The van der Waals surface area contributed by atoms with Gasteiger partial charge in [-0.05, 0) is 57.7 Å². The minimum absolute atomic E-state index is 0.425. The lowest BCUT2D eigenvalue weighted by molar-refractivity contribution is 0.0215. The molecule has 3 atom stereocenters. The highest BCUT2D eigenvalue weighted by Gasteiger charge is 2.26. The van der Waals surface area contributed by atoms with Crippen molar-refractivity contribution in [2.24, 2.45) is 5.92 Å². The van der Waals surface area contributed by atoms with Crippen molar-refractivity contribution in [3.05, 3.63) is 0 Å². The van der Waals surface area contributed by atoms with Crippen LogP contribution in [0.25, 0.3) is 0 Å². The van der Waals surface area contributed by atoms with Crippen LogP contribution in [0.3, 0.4) is 0 Å². The van der Waals surface area contributed by atoms with Crippen molar-refractivity contribution in [2.45, 2.75) is 58.3 Å². The lowest BCUT2D eigenvalue weighted by Crippen LogP contribution is -2.37. The zero-order chi connectivity index (χ0) is 15.0. The summed E-state index contributed by atoms with van der Waals surface area (Å²) in [6.45, 7) is 10.0. The molecular weight excluding hydrogens is 268 g/mol.